The molecule has 0 radical (unpaired) electrons. The zero-order chi connectivity index (χ0) is 12.3. The third kappa shape index (κ3) is 3.52. The lowest BCUT2D eigenvalue weighted by atomic mass is 10.1. The van der Waals surface area contributed by atoms with E-state index in [2.05, 4.69) is 20.8 Å². The predicted octanol–water partition coefficient (Wildman–Crippen LogP) is 2.66. The number of hydrogen-bond acceptors (Lipinski definition) is 3. The van der Waals surface area contributed by atoms with Gasteiger partial charge in [0.25, 0.3) is 5.24 Å². The molecule has 1 aliphatic rings. The first-order chi connectivity index (χ1) is 8.16. The number of rotatable bonds is 3. The Balaban J connectivity index is 2.08. The second-order valence-corrected chi connectivity index (χ2v) is 5.17. The van der Waals surface area contributed by atoms with Gasteiger partial charge in [-0.25, -0.2) is 0 Å². The molecular formula is C12H13BrClNO2. The van der Waals surface area contributed by atoms with Crippen LogP contribution in [0, 0.1) is 0 Å². The SMILES string of the molecule is O=C(Cl)c1ccc(CN2CCOCC2)c(Br)c1. The fourth-order valence-corrected chi connectivity index (χ4v) is 2.42. The Kier molecular flexibility index (Phi) is 4.56. The molecule has 0 amide bonds. The number of ether oxygens (including phenoxy) is 1. The van der Waals surface area contributed by atoms with Gasteiger partial charge in [-0.2, -0.15) is 0 Å². The van der Waals surface area contributed by atoms with Crippen molar-refractivity contribution in [1.82, 2.24) is 4.90 Å². The number of hydrogen-bond donors (Lipinski definition) is 0. The molecule has 0 spiro atoms. The van der Waals surface area contributed by atoms with Crippen molar-refractivity contribution in [2.75, 3.05) is 26.3 Å². The predicted molar refractivity (Wildman–Crippen MR) is 70.4 cm³/mol. The van der Waals surface area contributed by atoms with E-state index in [1.165, 1.54) is 0 Å². The first kappa shape index (κ1) is 13.0. The highest BCUT2D eigenvalue weighted by atomic mass is 79.9. The van der Waals surface area contributed by atoms with Gasteiger partial charge in [-0.15, -0.1) is 0 Å². The Morgan fingerprint density at radius 3 is 2.71 bits per heavy atom. The molecule has 1 aliphatic heterocycles. The molecule has 1 fully saturated rings. The number of benzene rings is 1. The molecule has 0 aromatic heterocycles. The highest BCUT2D eigenvalue weighted by molar-refractivity contribution is 9.10. The molecule has 1 heterocycles. The smallest absolute Gasteiger partial charge is 0.252 e. The summed E-state index contributed by atoms with van der Waals surface area (Å²) in [7, 11) is 0. The van der Waals surface area contributed by atoms with Gasteiger partial charge in [0.05, 0.1) is 13.2 Å². The van der Waals surface area contributed by atoms with Crippen molar-refractivity contribution in [3.05, 3.63) is 33.8 Å². The van der Waals surface area contributed by atoms with Crippen LogP contribution in [-0.4, -0.2) is 36.4 Å². The fourth-order valence-electron chi connectivity index (χ4n) is 1.80. The zero-order valence-electron chi connectivity index (χ0n) is 9.29. The van der Waals surface area contributed by atoms with E-state index in [0.717, 1.165) is 42.9 Å². The van der Waals surface area contributed by atoms with Crippen LogP contribution < -0.4 is 0 Å². The summed E-state index contributed by atoms with van der Waals surface area (Å²) in [5.41, 5.74) is 1.68. The Labute approximate surface area is 114 Å². The van der Waals surface area contributed by atoms with Crippen LogP contribution in [-0.2, 0) is 11.3 Å². The van der Waals surface area contributed by atoms with Gasteiger partial charge in [0.1, 0.15) is 0 Å². The van der Waals surface area contributed by atoms with Gasteiger partial charge in [0.15, 0.2) is 0 Å². The summed E-state index contributed by atoms with van der Waals surface area (Å²) in [4.78, 5) is 13.3. The fraction of sp³-hybridized carbons (Fsp3) is 0.417. The van der Waals surface area contributed by atoms with E-state index in [4.69, 9.17) is 16.3 Å². The molecule has 0 bridgehead atoms. The summed E-state index contributed by atoms with van der Waals surface area (Å²) in [6.07, 6.45) is 0. The van der Waals surface area contributed by atoms with Gasteiger partial charge >= 0.3 is 0 Å². The van der Waals surface area contributed by atoms with Crippen LogP contribution in [0.1, 0.15) is 15.9 Å². The molecule has 2 rings (SSSR count). The van der Waals surface area contributed by atoms with Gasteiger partial charge in [-0.3, -0.25) is 9.69 Å². The topological polar surface area (TPSA) is 29.5 Å². The minimum Gasteiger partial charge on any atom is -0.379 e. The Morgan fingerprint density at radius 1 is 1.41 bits per heavy atom. The van der Waals surface area contributed by atoms with Gasteiger partial charge < -0.3 is 4.74 Å². The number of morpholine rings is 1. The van der Waals surface area contributed by atoms with Crippen LogP contribution in [0.3, 0.4) is 0 Å². The molecule has 0 saturated carbocycles. The normalized spacial score (nSPS) is 17.1. The monoisotopic (exact) mass is 317 g/mol. The molecule has 92 valence electrons. The van der Waals surface area contributed by atoms with Crippen LogP contribution in [0.5, 0.6) is 0 Å². The molecule has 1 aromatic rings. The lowest BCUT2D eigenvalue weighted by molar-refractivity contribution is 0.0341. The average molecular weight is 319 g/mol. The van der Waals surface area contributed by atoms with Gasteiger partial charge in [-0.05, 0) is 29.3 Å². The van der Waals surface area contributed by atoms with E-state index < -0.39 is 5.24 Å². The molecule has 0 aliphatic carbocycles. The number of nitrogens with zero attached hydrogens (tertiary/aromatic N) is 1. The standard InChI is InChI=1S/C12H13BrClNO2/c13-11-7-9(12(14)16)1-2-10(11)8-15-3-5-17-6-4-15/h1-2,7H,3-6,8H2. The summed E-state index contributed by atoms with van der Waals surface area (Å²) in [6.45, 7) is 4.33. The molecular weight excluding hydrogens is 305 g/mol. The summed E-state index contributed by atoms with van der Waals surface area (Å²) < 4.78 is 6.23. The molecule has 1 aromatic carbocycles. The molecule has 0 N–H and O–H groups in total. The largest absolute Gasteiger partial charge is 0.379 e. The first-order valence-electron chi connectivity index (χ1n) is 5.45. The van der Waals surface area contributed by atoms with E-state index in [9.17, 15) is 4.79 Å². The molecule has 17 heavy (non-hydrogen) atoms. The van der Waals surface area contributed by atoms with Crippen molar-refractivity contribution in [2.45, 2.75) is 6.54 Å². The molecule has 5 heteroatoms. The Morgan fingerprint density at radius 2 is 2.12 bits per heavy atom. The van der Waals surface area contributed by atoms with Crippen molar-refractivity contribution in [3.63, 3.8) is 0 Å². The van der Waals surface area contributed by atoms with Crippen LogP contribution in [0.15, 0.2) is 22.7 Å². The molecule has 0 unspecified atom stereocenters. The lowest BCUT2D eigenvalue weighted by Gasteiger charge is -2.27. The second-order valence-electron chi connectivity index (χ2n) is 3.97. The first-order valence-corrected chi connectivity index (χ1v) is 6.62. The third-order valence-electron chi connectivity index (χ3n) is 2.78. The zero-order valence-corrected chi connectivity index (χ0v) is 11.6. The lowest BCUT2D eigenvalue weighted by Crippen LogP contribution is -2.35. The number of carbonyl (C=O) groups is 1. The maximum Gasteiger partial charge on any atom is 0.252 e. The van der Waals surface area contributed by atoms with E-state index in [-0.39, 0.29) is 0 Å². The maximum atomic E-state index is 11.0. The van der Waals surface area contributed by atoms with Crippen molar-refractivity contribution in [2.24, 2.45) is 0 Å². The average Bonchev–Trinajstić information content (AvgIpc) is 2.33. The quantitative estimate of drug-likeness (QED) is 0.803. The van der Waals surface area contributed by atoms with E-state index >= 15 is 0 Å². The van der Waals surface area contributed by atoms with Gasteiger partial charge in [-0.1, -0.05) is 22.0 Å². The Hall–Kier alpha value is -0.420. The number of carbonyl (C=O) groups excluding carboxylic acids is 1. The summed E-state index contributed by atoms with van der Waals surface area (Å²) in [5.74, 6) is 0. The summed E-state index contributed by atoms with van der Waals surface area (Å²) >= 11 is 8.91. The van der Waals surface area contributed by atoms with Crippen molar-refractivity contribution in [3.8, 4) is 0 Å². The van der Waals surface area contributed by atoms with Crippen LogP contribution in [0.25, 0.3) is 0 Å². The number of halogens is 2. The summed E-state index contributed by atoms with van der Waals surface area (Å²) in [6, 6.07) is 5.47. The highest BCUT2D eigenvalue weighted by Gasteiger charge is 2.13. The van der Waals surface area contributed by atoms with E-state index in [1.807, 2.05) is 6.07 Å². The van der Waals surface area contributed by atoms with E-state index in [0.29, 0.717) is 5.56 Å². The second kappa shape index (κ2) is 5.96. The summed E-state index contributed by atoms with van der Waals surface area (Å²) in [5, 5.41) is -0.427. The molecule has 3 nitrogen and oxygen atoms in total. The third-order valence-corrected chi connectivity index (χ3v) is 3.73. The minimum atomic E-state index is -0.427. The Bertz CT molecular complexity index is 419. The van der Waals surface area contributed by atoms with Gasteiger partial charge in [0.2, 0.25) is 0 Å². The van der Waals surface area contributed by atoms with E-state index in [1.54, 1.807) is 12.1 Å². The molecule has 1 saturated heterocycles. The van der Waals surface area contributed by atoms with Gasteiger partial charge in [0, 0.05) is 29.7 Å². The van der Waals surface area contributed by atoms with Crippen LogP contribution in [0.2, 0.25) is 0 Å². The minimum absolute atomic E-state index is 0.427. The van der Waals surface area contributed by atoms with Crippen LogP contribution in [0.4, 0.5) is 0 Å². The van der Waals surface area contributed by atoms with Crippen molar-refractivity contribution < 1.29 is 9.53 Å². The van der Waals surface area contributed by atoms with Crippen molar-refractivity contribution in [1.29, 1.82) is 0 Å². The van der Waals surface area contributed by atoms with Crippen LogP contribution >= 0.6 is 27.5 Å². The maximum absolute atomic E-state index is 11.0. The highest BCUT2D eigenvalue weighted by Crippen LogP contribution is 2.21. The molecule has 0 atom stereocenters. The van der Waals surface area contributed by atoms with Crippen molar-refractivity contribution >= 4 is 32.8 Å².